The number of hydrogen-bond acceptors (Lipinski definition) is 6. The van der Waals surface area contributed by atoms with E-state index in [1.807, 2.05) is 47.7 Å². The van der Waals surface area contributed by atoms with Crippen molar-refractivity contribution in [1.82, 2.24) is 15.0 Å². The normalized spacial score (nSPS) is 12.5. The predicted molar refractivity (Wildman–Crippen MR) is 213 cm³/mol. The van der Waals surface area contributed by atoms with Gasteiger partial charge >= 0.3 is 0 Å². The molecule has 5 nitrogen and oxygen atoms in total. The number of carbonyl (C=O) groups is 1. The number of thiophene rings is 1. The molecule has 1 radical (unpaired) electrons. The summed E-state index contributed by atoms with van der Waals surface area (Å²) in [5.74, 6) is 0.855. The molecule has 3 heterocycles. The second-order valence-electron chi connectivity index (χ2n) is 15.5. The number of aliphatic hydroxyl groups is 1. The van der Waals surface area contributed by atoms with Crippen LogP contribution in [0.15, 0.2) is 72.2 Å². The zero-order valence-corrected chi connectivity index (χ0v) is 35.6. The minimum absolute atomic E-state index is 0. The van der Waals surface area contributed by atoms with Crippen LogP contribution < -0.4 is 0 Å². The number of ketones is 1. The molecule has 0 fully saturated rings. The molecule has 0 bridgehead atoms. The van der Waals surface area contributed by atoms with Gasteiger partial charge < -0.3 is 5.11 Å². The van der Waals surface area contributed by atoms with Crippen molar-refractivity contribution in [3.63, 3.8) is 0 Å². The number of pyridine rings is 1. The van der Waals surface area contributed by atoms with Crippen LogP contribution in [0.5, 0.6) is 0 Å². The summed E-state index contributed by atoms with van der Waals surface area (Å²) in [6, 6.07) is 18.5. The molecule has 5 aromatic rings. The molecule has 0 unspecified atom stereocenters. The van der Waals surface area contributed by atoms with Crippen molar-refractivity contribution in [2.45, 2.75) is 114 Å². The number of hydrogen-bond donors (Lipinski definition) is 1. The van der Waals surface area contributed by atoms with Gasteiger partial charge in [-0.05, 0) is 55.6 Å². The number of allylic oxidation sites excluding steroid dienone is 2. The van der Waals surface area contributed by atoms with E-state index in [2.05, 4.69) is 103 Å². The Bertz CT molecular complexity index is 1960. The van der Waals surface area contributed by atoms with E-state index in [4.69, 9.17) is 0 Å². The Morgan fingerprint density at radius 3 is 2.10 bits per heavy atom. The second-order valence-corrected chi connectivity index (χ2v) is 16.4. The van der Waals surface area contributed by atoms with Crippen LogP contribution in [0.25, 0.3) is 43.4 Å². The van der Waals surface area contributed by atoms with Crippen LogP contribution in [-0.2, 0) is 36.7 Å². The Kier molecular flexibility index (Phi) is 14.5. The third-order valence-electron chi connectivity index (χ3n) is 10.6. The maximum absolute atomic E-state index is 12.2. The van der Waals surface area contributed by atoms with Crippen LogP contribution in [0, 0.1) is 22.8 Å². The van der Waals surface area contributed by atoms with Crippen LogP contribution in [-0.4, -0.2) is 25.8 Å². The van der Waals surface area contributed by atoms with Gasteiger partial charge in [0.1, 0.15) is 12.1 Å². The van der Waals surface area contributed by atoms with Gasteiger partial charge in [-0.2, -0.15) is 0 Å². The summed E-state index contributed by atoms with van der Waals surface area (Å²) in [5, 5.41) is 15.9. The number of carbonyl (C=O) groups excluding carboxylic acids is 1. The summed E-state index contributed by atoms with van der Waals surface area (Å²) < 4.78 is 1.26. The molecule has 2 aromatic carbocycles. The predicted octanol–water partition coefficient (Wildman–Crippen LogP) is 12.5. The van der Waals surface area contributed by atoms with Crippen molar-refractivity contribution in [3.8, 4) is 22.5 Å². The molecule has 0 spiro atoms. The molecule has 7 heteroatoms. The summed E-state index contributed by atoms with van der Waals surface area (Å²) in [6.45, 7) is 23.3. The number of nitrogens with zero attached hydrogens (tertiary/aromatic N) is 3. The molecule has 5 rings (SSSR count). The first-order chi connectivity index (χ1) is 23.6. The number of benzene rings is 2. The van der Waals surface area contributed by atoms with E-state index in [0.29, 0.717) is 5.92 Å². The van der Waals surface area contributed by atoms with Crippen molar-refractivity contribution in [2.24, 2.45) is 16.7 Å². The first kappa shape index (κ1) is 42.2. The molecule has 0 aliphatic carbocycles. The molecule has 3 aromatic heterocycles. The summed E-state index contributed by atoms with van der Waals surface area (Å²) in [7, 11) is 0. The van der Waals surface area contributed by atoms with Crippen LogP contribution >= 0.6 is 11.3 Å². The molecule has 0 aliphatic rings. The van der Waals surface area contributed by atoms with E-state index in [1.54, 1.807) is 17.7 Å². The average Bonchev–Trinajstić information content (AvgIpc) is 3.55. The second kappa shape index (κ2) is 17.5. The zero-order valence-electron chi connectivity index (χ0n) is 32.4. The summed E-state index contributed by atoms with van der Waals surface area (Å²) >= 11 is 1.76. The maximum Gasteiger partial charge on any atom is 0.164 e. The number of aromatic nitrogens is 3. The molecule has 275 valence electrons. The van der Waals surface area contributed by atoms with Crippen molar-refractivity contribution in [3.05, 3.63) is 89.5 Å². The monoisotopic (exact) mass is 883 g/mol. The van der Waals surface area contributed by atoms with E-state index >= 15 is 0 Å². The Morgan fingerprint density at radius 1 is 0.863 bits per heavy atom. The topological polar surface area (TPSA) is 76.0 Å². The molecule has 0 saturated carbocycles. The van der Waals surface area contributed by atoms with Crippen LogP contribution in [0.3, 0.4) is 0 Å². The first-order valence-electron chi connectivity index (χ1n) is 18.2. The summed E-state index contributed by atoms with van der Waals surface area (Å²) in [5.41, 5.74) is 5.87. The molecular weight excluding hydrogens is 827 g/mol. The van der Waals surface area contributed by atoms with Gasteiger partial charge in [-0.15, -0.1) is 40.5 Å². The minimum atomic E-state index is -0.337. The quantitative estimate of drug-likeness (QED) is 0.0812. The van der Waals surface area contributed by atoms with Gasteiger partial charge in [0.25, 0.3) is 0 Å². The molecule has 0 aliphatic heterocycles. The fourth-order valence-corrected chi connectivity index (χ4v) is 7.13. The Balaban J connectivity index is 0.000000335. The van der Waals surface area contributed by atoms with Gasteiger partial charge in [0.2, 0.25) is 0 Å². The maximum atomic E-state index is 12.2. The molecular formula is C44H56IrN3O2S-. The average molecular weight is 883 g/mol. The number of aliphatic hydroxyl groups excluding tert-OH is 1. The van der Waals surface area contributed by atoms with Crippen molar-refractivity contribution in [2.75, 3.05) is 0 Å². The third-order valence-corrected chi connectivity index (χ3v) is 11.6. The van der Waals surface area contributed by atoms with E-state index < -0.39 is 0 Å². The molecule has 0 amide bonds. The smallest absolute Gasteiger partial charge is 0.164 e. The largest absolute Gasteiger partial charge is 0.512 e. The molecule has 0 atom stereocenters. The van der Waals surface area contributed by atoms with E-state index in [0.717, 1.165) is 60.0 Å². The fourth-order valence-electron chi connectivity index (χ4n) is 6.07. The Labute approximate surface area is 323 Å². The Hall–Kier alpha value is -3.25. The van der Waals surface area contributed by atoms with Crippen LogP contribution in [0.4, 0.5) is 0 Å². The first-order valence-corrected chi connectivity index (χ1v) is 19.1. The third kappa shape index (κ3) is 9.60. The van der Waals surface area contributed by atoms with Gasteiger partial charge in [0.05, 0.1) is 16.1 Å². The molecule has 0 saturated heterocycles. The fraction of sp³-hybridized carbons (Fsp3) is 0.455. The van der Waals surface area contributed by atoms with Crippen LogP contribution in [0.1, 0.15) is 113 Å². The van der Waals surface area contributed by atoms with Crippen molar-refractivity contribution in [1.29, 1.82) is 0 Å². The van der Waals surface area contributed by atoms with Crippen LogP contribution in [0.2, 0.25) is 0 Å². The Morgan fingerprint density at radius 2 is 1.49 bits per heavy atom. The number of rotatable bonds is 11. The van der Waals surface area contributed by atoms with Gasteiger partial charge in [0, 0.05) is 65.2 Å². The van der Waals surface area contributed by atoms with Gasteiger partial charge in [-0.3, -0.25) is 14.8 Å². The van der Waals surface area contributed by atoms with Gasteiger partial charge in [0.15, 0.2) is 5.78 Å². The standard InChI is InChI=1S/C29H28N3S.C15H28O2.Ir/c1-18(2)12-27-28-22(10-11-30-27)23(16-33-28)26-15-25(31-17-32-26)20-13-19-8-6-7-9-21(19)24(14-20)29(3,4)5;1-7-14(5,8-2)12(16)11-13(17)15(6,9-3)10-4;/h6-11,14-18H,12H2,1-5H3;11,16H,7-10H2,1-6H3;/q-1;;/b;12-11-;. The van der Waals surface area contributed by atoms with E-state index in [-0.39, 0.29) is 47.9 Å². The zero-order chi connectivity index (χ0) is 36.9. The van der Waals surface area contributed by atoms with Gasteiger partial charge in [-0.1, -0.05) is 105 Å². The van der Waals surface area contributed by atoms with Crippen molar-refractivity contribution >= 4 is 38.0 Å². The number of fused-ring (bicyclic) bond motifs is 2. The van der Waals surface area contributed by atoms with Gasteiger partial charge in [-0.25, -0.2) is 4.98 Å². The summed E-state index contributed by atoms with van der Waals surface area (Å²) in [6.07, 6.45) is 9.33. The van der Waals surface area contributed by atoms with E-state index in [9.17, 15) is 9.90 Å². The molecule has 1 N–H and O–H groups in total. The SMILES string of the molecule is CC(C)Cc1nccc2c(-c3cc(-c4[c-]c5ccccc5c(C(C)(C)C)c4)ncn3)csc12.CCC(C)(CC)C(=O)/C=C(\O)C(C)(CC)CC.[Ir]. The van der Waals surface area contributed by atoms with E-state index in [1.165, 1.54) is 32.8 Å². The molecule has 51 heavy (non-hydrogen) atoms. The van der Waals surface area contributed by atoms with Crippen molar-refractivity contribution < 1.29 is 30.0 Å². The minimum Gasteiger partial charge on any atom is -0.512 e. The summed E-state index contributed by atoms with van der Waals surface area (Å²) in [4.78, 5) is 26.1.